The van der Waals surface area contributed by atoms with Crippen molar-refractivity contribution >= 4 is 17.5 Å². The number of rotatable bonds is 3. The van der Waals surface area contributed by atoms with Crippen LogP contribution in [0.25, 0.3) is 0 Å². The number of piperazine rings is 1. The smallest absolute Gasteiger partial charge is 0.254 e. The minimum absolute atomic E-state index is 0.0634. The van der Waals surface area contributed by atoms with E-state index in [4.69, 9.17) is 0 Å². The number of nitrogens with zero attached hydrogens (tertiary/aromatic N) is 3. The van der Waals surface area contributed by atoms with Gasteiger partial charge in [0.1, 0.15) is 0 Å². The third-order valence-electron chi connectivity index (χ3n) is 5.44. The molecule has 0 atom stereocenters. The van der Waals surface area contributed by atoms with Crippen molar-refractivity contribution in [1.82, 2.24) is 9.80 Å². The maximum atomic E-state index is 12.8. The van der Waals surface area contributed by atoms with E-state index in [1.54, 1.807) is 0 Å². The Balaban J connectivity index is 1.57. The third kappa shape index (κ3) is 4.14. The van der Waals surface area contributed by atoms with Crippen LogP contribution in [0.4, 0.5) is 5.69 Å². The number of carbonyl (C=O) groups is 2. The summed E-state index contributed by atoms with van der Waals surface area (Å²) in [5.74, 6) is 0.586. The molecule has 2 amide bonds. The van der Waals surface area contributed by atoms with Crippen LogP contribution in [0, 0.1) is 5.92 Å². The van der Waals surface area contributed by atoms with Gasteiger partial charge >= 0.3 is 0 Å². The van der Waals surface area contributed by atoms with Crippen molar-refractivity contribution in [1.29, 1.82) is 0 Å². The van der Waals surface area contributed by atoms with Crippen LogP contribution in [0.2, 0.25) is 0 Å². The number of hydrogen-bond acceptors (Lipinski definition) is 3. The highest BCUT2D eigenvalue weighted by Crippen LogP contribution is 2.26. The van der Waals surface area contributed by atoms with E-state index in [0.717, 1.165) is 24.1 Å². The molecule has 0 spiro atoms. The van der Waals surface area contributed by atoms with Crippen LogP contribution in [0.3, 0.4) is 0 Å². The van der Waals surface area contributed by atoms with Crippen LogP contribution in [0.1, 0.15) is 42.5 Å². The Hall–Kier alpha value is -2.04. The molecule has 5 nitrogen and oxygen atoms in total. The Morgan fingerprint density at radius 3 is 2.24 bits per heavy atom. The van der Waals surface area contributed by atoms with Crippen molar-refractivity contribution in [2.24, 2.45) is 5.92 Å². The van der Waals surface area contributed by atoms with Gasteiger partial charge in [-0.3, -0.25) is 9.59 Å². The van der Waals surface area contributed by atoms with E-state index in [1.807, 2.05) is 53.1 Å². The van der Waals surface area contributed by atoms with Gasteiger partial charge in [-0.1, -0.05) is 25.3 Å². The van der Waals surface area contributed by atoms with Gasteiger partial charge in [0, 0.05) is 57.4 Å². The van der Waals surface area contributed by atoms with Crippen LogP contribution in [0.5, 0.6) is 0 Å². The lowest BCUT2D eigenvalue weighted by Gasteiger charge is -2.37. The average molecular weight is 343 g/mol. The van der Waals surface area contributed by atoms with Gasteiger partial charge in [-0.2, -0.15) is 0 Å². The van der Waals surface area contributed by atoms with Crippen LogP contribution in [-0.2, 0) is 4.79 Å². The van der Waals surface area contributed by atoms with Crippen molar-refractivity contribution < 1.29 is 9.59 Å². The quantitative estimate of drug-likeness (QED) is 0.847. The second-order valence-corrected chi connectivity index (χ2v) is 7.40. The van der Waals surface area contributed by atoms with Gasteiger partial charge in [-0.15, -0.1) is 0 Å². The molecule has 1 aliphatic carbocycles. The van der Waals surface area contributed by atoms with Crippen LogP contribution in [-0.4, -0.2) is 61.9 Å². The monoisotopic (exact) mass is 343 g/mol. The molecule has 1 heterocycles. The summed E-state index contributed by atoms with van der Waals surface area (Å²) in [4.78, 5) is 31.2. The van der Waals surface area contributed by atoms with Crippen LogP contribution in [0.15, 0.2) is 24.3 Å². The molecule has 25 heavy (non-hydrogen) atoms. The molecule has 1 aliphatic heterocycles. The zero-order valence-corrected chi connectivity index (χ0v) is 15.4. The summed E-state index contributed by atoms with van der Waals surface area (Å²) in [7, 11) is 3.94. The number of carbonyl (C=O) groups excluding carboxylic acids is 2. The minimum atomic E-state index is 0.0634. The number of benzene rings is 1. The third-order valence-corrected chi connectivity index (χ3v) is 5.44. The van der Waals surface area contributed by atoms with Crippen LogP contribution < -0.4 is 4.90 Å². The zero-order valence-electron chi connectivity index (χ0n) is 15.4. The summed E-state index contributed by atoms with van der Waals surface area (Å²) in [6.07, 6.45) is 5.69. The molecule has 136 valence electrons. The Morgan fingerprint density at radius 2 is 1.60 bits per heavy atom. The first-order valence-electron chi connectivity index (χ1n) is 9.41. The largest absolute Gasteiger partial charge is 0.378 e. The van der Waals surface area contributed by atoms with E-state index < -0.39 is 0 Å². The van der Waals surface area contributed by atoms with E-state index in [1.165, 1.54) is 19.3 Å². The fourth-order valence-electron chi connectivity index (χ4n) is 3.84. The maximum Gasteiger partial charge on any atom is 0.254 e. The molecule has 0 N–H and O–H groups in total. The highest BCUT2D eigenvalue weighted by molar-refractivity contribution is 5.95. The predicted octanol–water partition coefficient (Wildman–Crippen LogP) is 2.62. The molecule has 1 saturated heterocycles. The van der Waals surface area contributed by atoms with Gasteiger partial charge < -0.3 is 14.7 Å². The summed E-state index contributed by atoms with van der Waals surface area (Å²) in [6.45, 7) is 2.58. The number of amides is 2. The summed E-state index contributed by atoms with van der Waals surface area (Å²) < 4.78 is 0. The Kier molecular flexibility index (Phi) is 5.61. The fraction of sp³-hybridized carbons (Fsp3) is 0.600. The topological polar surface area (TPSA) is 43.9 Å². The molecule has 1 aromatic carbocycles. The van der Waals surface area contributed by atoms with Crippen molar-refractivity contribution in [3.8, 4) is 0 Å². The van der Waals surface area contributed by atoms with Crippen molar-refractivity contribution in [3.63, 3.8) is 0 Å². The summed E-state index contributed by atoms with van der Waals surface area (Å²) >= 11 is 0. The maximum absolute atomic E-state index is 12.8. The van der Waals surface area contributed by atoms with Gasteiger partial charge in [0.25, 0.3) is 5.91 Å². The highest BCUT2D eigenvalue weighted by atomic mass is 16.2. The van der Waals surface area contributed by atoms with Gasteiger partial charge in [-0.05, 0) is 31.0 Å². The van der Waals surface area contributed by atoms with E-state index in [2.05, 4.69) is 0 Å². The highest BCUT2D eigenvalue weighted by Gasteiger charge is 2.29. The SMILES string of the molecule is CN(C)c1cccc(C(=O)N2CCN(C(=O)C3CCCCC3)CC2)c1. The molecule has 0 unspecified atom stereocenters. The van der Waals surface area contributed by atoms with Gasteiger partial charge in [-0.25, -0.2) is 0 Å². The summed E-state index contributed by atoms with van der Waals surface area (Å²) in [6, 6.07) is 7.72. The minimum Gasteiger partial charge on any atom is -0.378 e. The summed E-state index contributed by atoms with van der Waals surface area (Å²) in [5.41, 5.74) is 1.75. The molecule has 1 saturated carbocycles. The molecule has 0 radical (unpaired) electrons. The molecule has 1 aromatic rings. The van der Waals surface area contributed by atoms with Gasteiger partial charge in [0.15, 0.2) is 0 Å². The molecule has 3 rings (SSSR count). The zero-order chi connectivity index (χ0) is 17.8. The molecule has 0 bridgehead atoms. The van der Waals surface area contributed by atoms with E-state index >= 15 is 0 Å². The Morgan fingerprint density at radius 1 is 0.960 bits per heavy atom. The Labute approximate surface area is 150 Å². The van der Waals surface area contributed by atoms with Gasteiger partial charge in [0.05, 0.1) is 0 Å². The van der Waals surface area contributed by atoms with Crippen molar-refractivity contribution in [2.75, 3.05) is 45.2 Å². The molecule has 5 heteroatoms. The molecular formula is C20H29N3O2. The standard InChI is InChI=1S/C20H29N3O2/c1-21(2)18-10-6-9-17(15-18)20(25)23-13-11-22(12-14-23)19(24)16-7-4-3-5-8-16/h6,9-10,15-16H,3-5,7-8,11-14H2,1-2H3. The Bertz CT molecular complexity index is 615. The van der Waals surface area contributed by atoms with E-state index in [0.29, 0.717) is 32.1 Å². The predicted molar refractivity (Wildman–Crippen MR) is 99.8 cm³/mol. The molecule has 2 aliphatic rings. The number of hydrogen-bond donors (Lipinski definition) is 0. The van der Waals surface area contributed by atoms with Gasteiger partial charge in [0.2, 0.25) is 5.91 Å². The first-order valence-corrected chi connectivity index (χ1v) is 9.41. The van der Waals surface area contributed by atoms with E-state index in [9.17, 15) is 9.59 Å². The lowest BCUT2D eigenvalue weighted by atomic mass is 9.88. The number of anilines is 1. The fourth-order valence-corrected chi connectivity index (χ4v) is 3.84. The second kappa shape index (κ2) is 7.89. The first kappa shape index (κ1) is 17.8. The second-order valence-electron chi connectivity index (χ2n) is 7.40. The van der Waals surface area contributed by atoms with Crippen LogP contribution >= 0.6 is 0 Å². The average Bonchev–Trinajstić information content (AvgIpc) is 2.67. The molecule has 2 fully saturated rings. The molecular weight excluding hydrogens is 314 g/mol. The van der Waals surface area contributed by atoms with Crippen molar-refractivity contribution in [2.45, 2.75) is 32.1 Å². The summed E-state index contributed by atoms with van der Waals surface area (Å²) in [5, 5.41) is 0. The lowest BCUT2D eigenvalue weighted by Crippen LogP contribution is -2.52. The lowest BCUT2D eigenvalue weighted by molar-refractivity contribution is -0.138. The van der Waals surface area contributed by atoms with E-state index in [-0.39, 0.29) is 11.8 Å². The normalized spacial score (nSPS) is 19.0. The first-order chi connectivity index (χ1) is 12.1. The van der Waals surface area contributed by atoms with Crippen molar-refractivity contribution in [3.05, 3.63) is 29.8 Å². The molecule has 0 aromatic heterocycles.